The smallest absolute Gasteiger partial charge is 0.191 e. The first-order valence-corrected chi connectivity index (χ1v) is 10.3. The SMILES string of the molecule is CCOc1cccc(CNC(=NC)NC2CCN(c3cc(OC)cc(OC)c3)C2)c1. The number of benzene rings is 2. The monoisotopic (exact) mass is 412 g/mol. The summed E-state index contributed by atoms with van der Waals surface area (Å²) in [7, 11) is 5.14. The minimum atomic E-state index is 0.308. The number of guanidine groups is 1. The molecule has 1 atom stereocenters. The van der Waals surface area contributed by atoms with Gasteiger partial charge in [0, 0.05) is 56.6 Å². The summed E-state index contributed by atoms with van der Waals surface area (Å²) in [6.07, 6.45) is 1.03. The van der Waals surface area contributed by atoms with E-state index in [-0.39, 0.29) is 0 Å². The molecule has 7 nitrogen and oxygen atoms in total. The van der Waals surface area contributed by atoms with Gasteiger partial charge >= 0.3 is 0 Å². The molecule has 162 valence electrons. The number of hydrogen-bond acceptors (Lipinski definition) is 5. The van der Waals surface area contributed by atoms with Crippen molar-refractivity contribution in [3.8, 4) is 17.2 Å². The summed E-state index contributed by atoms with van der Waals surface area (Å²) in [5.74, 6) is 3.28. The van der Waals surface area contributed by atoms with Crippen LogP contribution in [-0.4, -0.2) is 53.0 Å². The Kier molecular flexibility index (Phi) is 7.65. The Morgan fingerprint density at radius 3 is 2.53 bits per heavy atom. The van der Waals surface area contributed by atoms with Gasteiger partial charge in [0.2, 0.25) is 0 Å². The van der Waals surface area contributed by atoms with E-state index in [1.165, 1.54) is 0 Å². The first-order valence-electron chi connectivity index (χ1n) is 10.3. The van der Waals surface area contributed by atoms with Gasteiger partial charge in [-0.15, -0.1) is 0 Å². The third-order valence-corrected chi connectivity index (χ3v) is 5.12. The van der Waals surface area contributed by atoms with E-state index in [0.717, 1.165) is 54.0 Å². The van der Waals surface area contributed by atoms with Crippen LogP contribution in [0, 0.1) is 0 Å². The van der Waals surface area contributed by atoms with Crippen LogP contribution in [0.5, 0.6) is 17.2 Å². The molecule has 2 aromatic carbocycles. The lowest BCUT2D eigenvalue weighted by Gasteiger charge is -2.21. The van der Waals surface area contributed by atoms with Gasteiger partial charge in [0.05, 0.1) is 20.8 Å². The quantitative estimate of drug-likeness (QED) is 0.513. The van der Waals surface area contributed by atoms with Crippen molar-refractivity contribution in [1.29, 1.82) is 0 Å². The van der Waals surface area contributed by atoms with Crippen molar-refractivity contribution in [2.75, 3.05) is 45.9 Å². The van der Waals surface area contributed by atoms with E-state index in [0.29, 0.717) is 19.2 Å². The minimum Gasteiger partial charge on any atom is -0.497 e. The number of anilines is 1. The second kappa shape index (κ2) is 10.6. The van der Waals surface area contributed by atoms with E-state index in [1.807, 2.05) is 37.3 Å². The molecule has 0 aliphatic carbocycles. The molecule has 1 fully saturated rings. The van der Waals surface area contributed by atoms with E-state index in [4.69, 9.17) is 14.2 Å². The minimum absolute atomic E-state index is 0.308. The largest absolute Gasteiger partial charge is 0.497 e. The highest BCUT2D eigenvalue weighted by molar-refractivity contribution is 5.80. The predicted octanol–water partition coefficient (Wildman–Crippen LogP) is 3.05. The lowest BCUT2D eigenvalue weighted by atomic mass is 10.2. The zero-order valence-corrected chi connectivity index (χ0v) is 18.3. The Morgan fingerprint density at radius 2 is 1.87 bits per heavy atom. The van der Waals surface area contributed by atoms with Crippen LogP contribution in [0.25, 0.3) is 0 Å². The molecule has 30 heavy (non-hydrogen) atoms. The number of nitrogens with zero attached hydrogens (tertiary/aromatic N) is 2. The van der Waals surface area contributed by atoms with Gasteiger partial charge in [0.25, 0.3) is 0 Å². The molecule has 1 saturated heterocycles. The normalized spacial score (nSPS) is 16.3. The predicted molar refractivity (Wildman–Crippen MR) is 121 cm³/mol. The molecule has 0 aromatic heterocycles. The summed E-state index contributed by atoms with van der Waals surface area (Å²) < 4.78 is 16.4. The molecule has 2 aromatic rings. The average molecular weight is 413 g/mol. The Bertz CT molecular complexity index is 834. The second-order valence-electron chi connectivity index (χ2n) is 7.15. The number of nitrogens with one attached hydrogen (secondary N) is 2. The molecule has 0 saturated carbocycles. The molecule has 0 radical (unpaired) electrons. The molecule has 0 amide bonds. The lowest BCUT2D eigenvalue weighted by molar-refractivity contribution is 0.340. The topological polar surface area (TPSA) is 67.4 Å². The first kappa shape index (κ1) is 21.6. The van der Waals surface area contributed by atoms with E-state index in [9.17, 15) is 0 Å². The zero-order chi connectivity index (χ0) is 21.3. The number of rotatable bonds is 8. The van der Waals surface area contributed by atoms with Crippen molar-refractivity contribution >= 4 is 11.6 Å². The van der Waals surface area contributed by atoms with E-state index in [1.54, 1.807) is 21.3 Å². The third-order valence-electron chi connectivity index (χ3n) is 5.12. The third kappa shape index (κ3) is 5.72. The highest BCUT2D eigenvalue weighted by Crippen LogP contribution is 2.30. The molecule has 2 N–H and O–H groups in total. The molecule has 3 rings (SSSR count). The standard InChI is InChI=1S/C23H32N4O3/c1-5-30-20-8-6-7-17(11-20)15-25-23(24-2)26-18-9-10-27(16-18)19-12-21(28-3)14-22(13-19)29-4/h6-8,11-14,18H,5,9-10,15-16H2,1-4H3,(H2,24,25,26). The molecule has 1 aliphatic heterocycles. The van der Waals surface area contributed by atoms with Gasteiger partial charge in [0.15, 0.2) is 5.96 Å². The van der Waals surface area contributed by atoms with Gasteiger partial charge < -0.3 is 29.7 Å². The van der Waals surface area contributed by atoms with Gasteiger partial charge in [-0.1, -0.05) is 12.1 Å². The maximum absolute atomic E-state index is 5.58. The number of ether oxygens (including phenoxy) is 3. The molecular weight excluding hydrogens is 380 g/mol. The summed E-state index contributed by atoms with van der Waals surface area (Å²) in [5.41, 5.74) is 2.26. The Labute approximate surface area is 179 Å². The first-order chi connectivity index (χ1) is 14.6. The second-order valence-corrected chi connectivity index (χ2v) is 7.15. The van der Waals surface area contributed by atoms with Gasteiger partial charge in [-0.3, -0.25) is 4.99 Å². The lowest BCUT2D eigenvalue weighted by Crippen LogP contribution is -2.44. The Hall–Kier alpha value is -3.09. The maximum atomic E-state index is 5.58. The molecule has 7 heteroatoms. The maximum Gasteiger partial charge on any atom is 0.191 e. The van der Waals surface area contributed by atoms with E-state index >= 15 is 0 Å². The summed E-state index contributed by atoms with van der Waals surface area (Å²) >= 11 is 0. The van der Waals surface area contributed by atoms with Crippen molar-refractivity contribution in [3.05, 3.63) is 48.0 Å². The van der Waals surface area contributed by atoms with Gasteiger partial charge in [-0.05, 0) is 31.0 Å². The molecule has 0 bridgehead atoms. The number of aliphatic imine (C=N–C) groups is 1. The van der Waals surface area contributed by atoms with Gasteiger partial charge in [0.1, 0.15) is 17.2 Å². The van der Waals surface area contributed by atoms with E-state index < -0.39 is 0 Å². The fourth-order valence-electron chi connectivity index (χ4n) is 3.57. The Balaban J connectivity index is 1.55. The van der Waals surface area contributed by atoms with Crippen LogP contribution >= 0.6 is 0 Å². The molecule has 1 aliphatic rings. The summed E-state index contributed by atoms with van der Waals surface area (Å²) in [6.45, 7) is 5.18. The van der Waals surface area contributed by atoms with Gasteiger partial charge in [-0.25, -0.2) is 0 Å². The van der Waals surface area contributed by atoms with Crippen LogP contribution in [0.4, 0.5) is 5.69 Å². The van der Waals surface area contributed by atoms with Crippen LogP contribution < -0.4 is 29.7 Å². The Morgan fingerprint density at radius 1 is 1.10 bits per heavy atom. The van der Waals surface area contributed by atoms with Crippen LogP contribution in [0.3, 0.4) is 0 Å². The van der Waals surface area contributed by atoms with Crippen molar-refractivity contribution in [3.63, 3.8) is 0 Å². The van der Waals surface area contributed by atoms with Crippen molar-refractivity contribution in [1.82, 2.24) is 10.6 Å². The fraction of sp³-hybridized carbons (Fsp3) is 0.435. The highest BCUT2D eigenvalue weighted by Gasteiger charge is 2.24. The van der Waals surface area contributed by atoms with Crippen LogP contribution in [-0.2, 0) is 6.54 Å². The average Bonchev–Trinajstić information content (AvgIpc) is 3.25. The highest BCUT2D eigenvalue weighted by atomic mass is 16.5. The van der Waals surface area contributed by atoms with Crippen molar-refractivity contribution < 1.29 is 14.2 Å². The summed E-state index contributed by atoms with van der Waals surface area (Å²) in [6, 6.07) is 14.4. The molecular formula is C23H32N4O3. The van der Waals surface area contributed by atoms with Crippen LogP contribution in [0.1, 0.15) is 18.9 Å². The molecule has 1 heterocycles. The molecule has 0 spiro atoms. The fourth-order valence-corrected chi connectivity index (χ4v) is 3.57. The van der Waals surface area contributed by atoms with Crippen molar-refractivity contribution in [2.24, 2.45) is 4.99 Å². The van der Waals surface area contributed by atoms with Crippen molar-refractivity contribution in [2.45, 2.75) is 25.9 Å². The van der Waals surface area contributed by atoms with Crippen LogP contribution in [0.2, 0.25) is 0 Å². The van der Waals surface area contributed by atoms with Crippen LogP contribution in [0.15, 0.2) is 47.5 Å². The number of hydrogen-bond donors (Lipinski definition) is 2. The molecule has 1 unspecified atom stereocenters. The number of methoxy groups -OCH3 is 2. The van der Waals surface area contributed by atoms with Gasteiger partial charge in [-0.2, -0.15) is 0 Å². The van der Waals surface area contributed by atoms with E-state index in [2.05, 4.69) is 32.7 Å². The summed E-state index contributed by atoms with van der Waals surface area (Å²) in [4.78, 5) is 6.72. The zero-order valence-electron chi connectivity index (χ0n) is 18.3. The summed E-state index contributed by atoms with van der Waals surface area (Å²) in [5, 5.41) is 6.93.